The highest BCUT2D eigenvalue weighted by atomic mass is 35.5. The maximum atomic E-state index is 13.0. The van der Waals surface area contributed by atoms with E-state index in [2.05, 4.69) is 10.4 Å². The van der Waals surface area contributed by atoms with Gasteiger partial charge in [-0.15, -0.1) is 0 Å². The first-order valence-electron chi connectivity index (χ1n) is 8.53. The molecule has 2 heterocycles. The van der Waals surface area contributed by atoms with Gasteiger partial charge in [0.1, 0.15) is 5.69 Å². The number of nitrogens with one attached hydrogen (secondary N) is 2. The van der Waals surface area contributed by atoms with Crippen molar-refractivity contribution in [3.05, 3.63) is 69.3 Å². The van der Waals surface area contributed by atoms with Gasteiger partial charge in [-0.2, -0.15) is 0 Å². The minimum absolute atomic E-state index is 0.0377. The number of nitrogens with zero attached hydrogens (tertiary/aromatic N) is 1. The number of amides is 1. The fourth-order valence-corrected chi connectivity index (χ4v) is 3.90. The van der Waals surface area contributed by atoms with E-state index in [4.69, 9.17) is 23.2 Å². The predicted molar refractivity (Wildman–Crippen MR) is 110 cm³/mol. The van der Waals surface area contributed by atoms with Crippen molar-refractivity contribution in [2.75, 3.05) is 11.6 Å². The average molecular weight is 416 g/mol. The summed E-state index contributed by atoms with van der Waals surface area (Å²) in [5, 5.41) is 12.3. The second kappa shape index (κ2) is 7.31. The third kappa shape index (κ3) is 3.26. The summed E-state index contributed by atoms with van der Waals surface area (Å²) < 4.78 is 0. The molecule has 0 unspecified atom stereocenters. The summed E-state index contributed by atoms with van der Waals surface area (Å²) >= 11 is 12.4. The molecule has 1 amide bonds. The molecule has 0 atom stereocenters. The molecule has 3 N–H and O–H groups in total. The fourth-order valence-electron chi connectivity index (χ4n) is 3.30. The highest BCUT2D eigenvalue weighted by Gasteiger charge is 2.26. The number of H-pyrrole nitrogens is 1. The molecule has 1 aliphatic rings. The van der Waals surface area contributed by atoms with Gasteiger partial charge >= 0.3 is 5.97 Å². The molecule has 0 aliphatic carbocycles. The third-order valence-corrected chi connectivity index (χ3v) is 5.06. The molecule has 1 saturated heterocycles. The maximum absolute atomic E-state index is 13.0. The number of carboxylic acids is 1. The number of hydrazine groups is 1. The van der Waals surface area contributed by atoms with Crippen LogP contribution in [-0.4, -0.2) is 28.5 Å². The van der Waals surface area contributed by atoms with Crippen LogP contribution in [0.2, 0.25) is 10.0 Å². The van der Waals surface area contributed by atoms with Gasteiger partial charge in [0.25, 0.3) is 5.91 Å². The van der Waals surface area contributed by atoms with Crippen LogP contribution in [0.4, 0.5) is 5.69 Å². The van der Waals surface area contributed by atoms with Crippen molar-refractivity contribution in [1.29, 1.82) is 0 Å². The van der Waals surface area contributed by atoms with Gasteiger partial charge in [-0.05, 0) is 36.8 Å². The summed E-state index contributed by atoms with van der Waals surface area (Å²) in [5.41, 5.74) is 5.08. The Morgan fingerprint density at radius 1 is 1.18 bits per heavy atom. The molecule has 1 aliphatic heterocycles. The number of anilines is 1. The minimum atomic E-state index is -1.14. The number of aromatic carboxylic acids is 1. The van der Waals surface area contributed by atoms with E-state index >= 15 is 0 Å². The van der Waals surface area contributed by atoms with Crippen molar-refractivity contribution < 1.29 is 14.7 Å². The van der Waals surface area contributed by atoms with Crippen molar-refractivity contribution in [3.63, 3.8) is 0 Å². The first-order chi connectivity index (χ1) is 13.5. The molecule has 4 rings (SSSR count). The van der Waals surface area contributed by atoms with E-state index in [0.29, 0.717) is 50.7 Å². The number of carboxylic acid groups (broad SMARTS) is 1. The molecule has 0 spiro atoms. The van der Waals surface area contributed by atoms with Crippen LogP contribution in [0.1, 0.15) is 22.5 Å². The van der Waals surface area contributed by atoms with E-state index in [1.807, 2.05) is 30.3 Å². The number of halogens is 2. The normalized spacial score (nSPS) is 16.1. The molecule has 0 saturated carbocycles. The minimum Gasteiger partial charge on any atom is -0.477 e. The third-order valence-electron chi connectivity index (χ3n) is 4.54. The van der Waals surface area contributed by atoms with E-state index in [0.717, 1.165) is 0 Å². The summed E-state index contributed by atoms with van der Waals surface area (Å²) in [6.45, 7) is 0.538. The molecule has 3 aromatic rings. The largest absolute Gasteiger partial charge is 0.477 e. The van der Waals surface area contributed by atoms with Crippen molar-refractivity contribution in [3.8, 4) is 0 Å². The Bertz CT molecular complexity index is 1120. The lowest BCUT2D eigenvalue weighted by Gasteiger charge is -2.29. The summed E-state index contributed by atoms with van der Waals surface area (Å²) in [5.74, 6) is -1.38. The molecular weight excluding hydrogens is 401 g/mol. The maximum Gasteiger partial charge on any atom is 0.352 e. The number of benzene rings is 2. The van der Waals surface area contributed by atoms with Gasteiger partial charge in [0.2, 0.25) is 0 Å². The zero-order valence-electron chi connectivity index (χ0n) is 14.5. The quantitative estimate of drug-likeness (QED) is 0.549. The van der Waals surface area contributed by atoms with Crippen LogP contribution in [0, 0.1) is 0 Å². The Labute approximate surface area is 170 Å². The van der Waals surface area contributed by atoms with Gasteiger partial charge in [-0.3, -0.25) is 4.79 Å². The van der Waals surface area contributed by atoms with Gasteiger partial charge in [-0.1, -0.05) is 41.4 Å². The highest BCUT2D eigenvalue weighted by Crippen LogP contribution is 2.34. The fraction of sp³-hybridized carbons (Fsp3) is 0.100. The van der Waals surface area contributed by atoms with Gasteiger partial charge in [0.15, 0.2) is 0 Å². The topological polar surface area (TPSA) is 85.4 Å². The second-order valence-electron chi connectivity index (χ2n) is 6.33. The average Bonchev–Trinajstić information content (AvgIpc) is 3.03. The number of carbonyl (C=O) groups excluding carboxylic acids is 1. The van der Waals surface area contributed by atoms with E-state index in [-0.39, 0.29) is 11.6 Å². The monoisotopic (exact) mass is 415 g/mol. The Hall–Kier alpha value is -2.80. The summed E-state index contributed by atoms with van der Waals surface area (Å²) in [4.78, 5) is 27.6. The standard InChI is InChI=1S/C20H15Cl2N3O3/c21-12-9-15(22)17-14(18(20(27)28)24-16(17)10-12)8-11-6-7-23-25(19(11)26)13-4-2-1-3-5-13/h1-5,8-10,23-24H,6-7H2,(H,27,28)/b11-8+. The lowest BCUT2D eigenvalue weighted by Crippen LogP contribution is -2.48. The van der Waals surface area contributed by atoms with Crippen molar-refractivity contribution in [2.24, 2.45) is 0 Å². The van der Waals surface area contributed by atoms with Crippen LogP contribution in [0.5, 0.6) is 0 Å². The number of aromatic amines is 1. The Morgan fingerprint density at radius 3 is 2.64 bits per heavy atom. The van der Waals surface area contributed by atoms with Gasteiger partial charge < -0.3 is 10.1 Å². The van der Waals surface area contributed by atoms with Gasteiger partial charge in [0.05, 0.1) is 10.7 Å². The Morgan fingerprint density at radius 2 is 1.93 bits per heavy atom. The molecule has 8 heteroatoms. The second-order valence-corrected chi connectivity index (χ2v) is 7.18. The summed E-state index contributed by atoms with van der Waals surface area (Å²) in [6, 6.07) is 12.3. The molecule has 0 radical (unpaired) electrons. The van der Waals surface area contributed by atoms with Crippen LogP contribution in [-0.2, 0) is 4.79 Å². The molecule has 6 nitrogen and oxygen atoms in total. The van der Waals surface area contributed by atoms with Gasteiger partial charge in [-0.25, -0.2) is 15.2 Å². The number of fused-ring (bicyclic) bond motifs is 1. The highest BCUT2D eigenvalue weighted by molar-refractivity contribution is 6.39. The number of carbonyl (C=O) groups is 2. The molecule has 142 valence electrons. The van der Waals surface area contributed by atoms with E-state index in [1.165, 1.54) is 5.01 Å². The summed E-state index contributed by atoms with van der Waals surface area (Å²) in [7, 11) is 0. The first-order valence-corrected chi connectivity index (χ1v) is 9.29. The number of aromatic nitrogens is 1. The van der Waals surface area contributed by atoms with Crippen LogP contribution in [0.25, 0.3) is 17.0 Å². The summed E-state index contributed by atoms with van der Waals surface area (Å²) in [6.07, 6.45) is 2.06. The van der Waals surface area contributed by atoms with E-state index in [1.54, 1.807) is 18.2 Å². The van der Waals surface area contributed by atoms with Crippen molar-refractivity contribution in [2.45, 2.75) is 6.42 Å². The zero-order valence-corrected chi connectivity index (χ0v) is 16.0. The Kier molecular flexibility index (Phi) is 4.85. The number of para-hydroxylation sites is 1. The lowest BCUT2D eigenvalue weighted by molar-refractivity contribution is -0.116. The molecule has 28 heavy (non-hydrogen) atoms. The van der Waals surface area contributed by atoms with Crippen LogP contribution in [0.15, 0.2) is 48.0 Å². The first kappa shape index (κ1) is 18.6. The van der Waals surface area contributed by atoms with Crippen molar-refractivity contribution >= 4 is 57.7 Å². The van der Waals surface area contributed by atoms with Crippen molar-refractivity contribution in [1.82, 2.24) is 10.4 Å². The predicted octanol–water partition coefficient (Wildman–Crippen LogP) is 4.50. The number of rotatable bonds is 3. The number of hydrogen-bond acceptors (Lipinski definition) is 3. The van der Waals surface area contributed by atoms with Gasteiger partial charge in [0, 0.05) is 33.6 Å². The lowest BCUT2D eigenvalue weighted by atomic mass is 10.0. The SMILES string of the molecule is O=C(O)c1[nH]c2cc(Cl)cc(Cl)c2c1/C=C1\CCNN(c2ccccc2)C1=O. The number of hydrogen-bond donors (Lipinski definition) is 3. The smallest absolute Gasteiger partial charge is 0.352 e. The molecule has 0 bridgehead atoms. The molecular formula is C20H15Cl2N3O3. The molecule has 2 aromatic carbocycles. The van der Waals surface area contributed by atoms with Crippen LogP contribution >= 0.6 is 23.2 Å². The molecule has 1 fully saturated rings. The van der Waals surface area contributed by atoms with E-state index < -0.39 is 5.97 Å². The zero-order chi connectivity index (χ0) is 19.8. The Balaban J connectivity index is 1.84. The molecule has 1 aromatic heterocycles. The van der Waals surface area contributed by atoms with E-state index in [9.17, 15) is 14.7 Å². The van der Waals surface area contributed by atoms with Crippen LogP contribution < -0.4 is 10.4 Å². The van der Waals surface area contributed by atoms with Crippen LogP contribution in [0.3, 0.4) is 0 Å².